The van der Waals surface area contributed by atoms with Crippen LogP contribution in [-0.4, -0.2) is 32.7 Å². The van der Waals surface area contributed by atoms with E-state index < -0.39 is 28.0 Å². The molecule has 3 rings (SSSR count). The van der Waals surface area contributed by atoms with E-state index in [1.807, 2.05) is 0 Å². The number of nitriles is 1. The molecule has 0 bridgehead atoms. The number of aromatic nitrogens is 1. The van der Waals surface area contributed by atoms with Crippen LogP contribution in [0.15, 0.2) is 41.3 Å². The van der Waals surface area contributed by atoms with Gasteiger partial charge in [-0.2, -0.15) is 5.26 Å². The first kappa shape index (κ1) is 16.1. The fourth-order valence-electron chi connectivity index (χ4n) is 2.62. The summed E-state index contributed by atoms with van der Waals surface area (Å²) in [6.07, 6.45) is 0.987. The smallest absolute Gasteiger partial charge is 0.287 e. The van der Waals surface area contributed by atoms with E-state index in [-0.39, 0.29) is 29.8 Å². The molecule has 1 aliphatic rings. The third-order valence-electron chi connectivity index (χ3n) is 3.85. The first-order valence-electron chi connectivity index (χ1n) is 7.18. The zero-order valence-electron chi connectivity index (χ0n) is 12.7. The minimum absolute atomic E-state index is 0.141. The molecule has 0 spiro atoms. The van der Waals surface area contributed by atoms with Gasteiger partial charge in [0.25, 0.3) is 23.1 Å². The molecule has 0 saturated heterocycles. The monoisotopic (exact) mass is 338 g/mol. The van der Waals surface area contributed by atoms with Crippen LogP contribution < -0.4 is 5.56 Å². The standard InChI is InChI=1S/C16H10N4O5/c17-8-10-7-11(20(24)25)9-18(14(10)21)5-6-19-15(22)12-3-1-2-4-13(12)16(19)23/h1-4,7,9H,5-6H2. The van der Waals surface area contributed by atoms with Gasteiger partial charge in [0.1, 0.15) is 11.6 Å². The Bertz CT molecular complexity index is 983. The topological polar surface area (TPSA) is 126 Å². The van der Waals surface area contributed by atoms with Crippen LogP contribution in [0.1, 0.15) is 26.3 Å². The highest BCUT2D eigenvalue weighted by atomic mass is 16.6. The van der Waals surface area contributed by atoms with E-state index in [9.17, 15) is 24.5 Å². The van der Waals surface area contributed by atoms with Crippen molar-refractivity contribution in [3.05, 3.63) is 73.7 Å². The molecule has 9 heteroatoms. The molecule has 0 saturated carbocycles. The molecule has 124 valence electrons. The number of carbonyl (C=O) groups excluding carboxylic acids is 2. The molecule has 0 fully saturated rings. The summed E-state index contributed by atoms with van der Waals surface area (Å²) in [6.45, 7) is -0.293. The summed E-state index contributed by atoms with van der Waals surface area (Å²) in [6, 6.07) is 8.83. The van der Waals surface area contributed by atoms with Gasteiger partial charge in [-0.3, -0.25) is 29.4 Å². The largest absolute Gasteiger partial charge is 0.306 e. The fourth-order valence-corrected chi connectivity index (χ4v) is 2.62. The lowest BCUT2D eigenvalue weighted by Crippen LogP contribution is -2.35. The molecule has 0 aliphatic carbocycles. The van der Waals surface area contributed by atoms with E-state index in [0.717, 1.165) is 21.7 Å². The summed E-state index contributed by atoms with van der Waals surface area (Å²) in [5.74, 6) is -0.973. The second-order valence-corrected chi connectivity index (χ2v) is 5.29. The molecule has 1 aliphatic heterocycles. The van der Waals surface area contributed by atoms with Gasteiger partial charge in [-0.05, 0) is 12.1 Å². The molecule has 1 aromatic heterocycles. The first-order chi connectivity index (χ1) is 11.9. The maximum absolute atomic E-state index is 12.3. The molecule has 25 heavy (non-hydrogen) atoms. The van der Waals surface area contributed by atoms with Crippen molar-refractivity contribution in [1.29, 1.82) is 5.26 Å². The van der Waals surface area contributed by atoms with Gasteiger partial charge in [-0.15, -0.1) is 0 Å². The Morgan fingerprint density at radius 1 is 1.08 bits per heavy atom. The average molecular weight is 338 g/mol. The van der Waals surface area contributed by atoms with Crippen molar-refractivity contribution >= 4 is 17.5 Å². The van der Waals surface area contributed by atoms with Crippen LogP contribution in [0.2, 0.25) is 0 Å². The Labute approximate surface area is 140 Å². The van der Waals surface area contributed by atoms with Gasteiger partial charge in [0.15, 0.2) is 0 Å². The number of nitro groups is 1. The van der Waals surface area contributed by atoms with E-state index in [1.165, 1.54) is 12.1 Å². The number of benzene rings is 1. The third-order valence-corrected chi connectivity index (χ3v) is 3.85. The van der Waals surface area contributed by atoms with Crippen LogP contribution in [0.25, 0.3) is 0 Å². The molecule has 0 atom stereocenters. The zero-order valence-corrected chi connectivity index (χ0v) is 12.7. The molecular weight excluding hydrogens is 328 g/mol. The van der Waals surface area contributed by atoms with Gasteiger partial charge in [0.05, 0.1) is 22.2 Å². The summed E-state index contributed by atoms with van der Waals surface area (Å²) in [4.78, 5) is 47.8. The minimum atomic E-state index is -0.723. The maximum atomic E-state index is 12.3. The van der Waals surface area contributed by atoms with Crippen LogP contribution >= 0.6 is 0 Å². The number of rotatable bonds is 4. The number of nitrogens with zero attached hydrogens (tertiary/aromatic N) is 4. The Kier molecular flexibility index (Phi) is 3.86. The lowest BCUT2D eigenvalue weighted by Gasteiger charge is -2.14. The van der Waals surface area contributed by atoms with Gasteiger partial charge < -0.3 is 4.57 Å². The number of hydrogen-bond acceptors (Lipinski definition) is 6. The number of imide groups is 1. The van der Waals surface area contributed by atoms with E-state index in [1.54, 1.807) is 18.2 Å². The average Bonchev–Trinajstić information content (AvgIpc) is 2.85. The summed E-state index contributed by atoms with van der Waals surface area (Å²) in [7, 11) is 0. The van der Waals surface area contributed by atoms with Crippen molar-refractivity contribution in [1.82, 2.24) is 9.47 Å². The predicted molar refractivity (Wildman–Crippen MR) is 83.9 cm³/mol. The van der Waals surface area contributed by atoms with Crippen LogP contribution in [0.4, 0.5) is 5.69 Å². The molecule has 0 unspecified atom stereocenters. The van der Waals surface area contributed by atoms with E-state index in [2.05, 4.69) is 0 Å². The molecule has 2 heterocycles. The number of carbonyl (C=O) groups is 2. The third kappa shape index (κ3) is 2.66. The quantitative estimate of drug-likeness (QED) is 0.463. The van der Waals surface area contributed by atoms with Crippen molar-refractivity contribution in [3.8, 4) is 6.07 Å². The molecule has 9 nitrogen and oxygen atoms in total. The summed E-state index contributed by atoms with van der Waals surface area (Å²) >= 11 is 0. The highest BCUT2D eigenvalue weighted by molar-refractivity contribution is 6.21. The fraction of sp³-hybridized carbons (Fsp3) is 0.125. The molecule has 0 radical (unpaired) electrons. The van der Waals surface area contributed by atoms with Gasteiger partial charge in [0, 0.05) is 19.2 Å². The Balaban J connectivity index is 1.88. The van der Waals surface area contributed by atoms with Gasteiger partial charge >= 0.3 is 0 Å². The van der Waals surface area contributed by atoms with Gasteiger partial charge in [0.2, 0.25) is 0 Å². The van der Waals surface area contributed by atoms with Gasteiger partial charge in [-0.1, -0.05) is 12.1 Å². The Morgan fingerprint density at radius 3 is 2.20 bits per heavy atom. The molecule has 0 N–H and O–H groups in total. The van der Waals surface area contributed by atoms with Crippen molar-refractivity contribution in [3.63, 3.8) is 0 Å². The first-order valence-corrected chi connectivity index (χ1v) is 7.18. The summed E-state index contributed by atoms with van der Waals surface area (Å²) in [5, 5.41) is 19.8. The van der Waals surface area contributed by atoms with E-state index in [0.29, 0.717) is 0 Å². The van der Waals surface area contributed by atoms with Crippen molar-refractivity contribution < 1.29 is 14.5 Å². The minimum Gasteiger partial charge on any atom is -0.306 e. The van der Waals surface area contributed by atoms with Crippen molar-refractivity contribution in [2.75, 3.05) is 6.54 Å². The van der Waals surface area contributed by atoms with Crippen LogP contribution in [0.5, 0.6) is 0 Å². The molecular formula is C16H10N4O5. The van der Waals surface area contributed by atoms with Crippen LogP contribution in [0.3, 0.4) is 0 Å². The summed E-state index contributed by atoms with van der Waals surface area (Å²) in [5.41, 5.74) is -0.965. The van der Waals surface area contributed by atoms with Crippen LogP contribution in [-0.2, 0) is 6.54 Å². The Hall–Kier alpha value is -3.80. The summed E-state index contributed by atoms with van der Waals surface area (Å²) < 4.78 is 0.959. The predicted octanol–water partition coefficient (Wildman–Crippen LogP) is 0.924. The number of amides is 2. The SMILES string of the molecule is N#Cc1cc([N+](=O)[O-])cn(CCN2C(=O)c3ccccc3C2=O)c1=O. The maximum Gasteiger partial charge on any atom is 0.287 e. The van der Waals surface area contributed by atoms with Crippen LogP contribution in [0, 0.1) is 21.4 Å². The second kappa shape index (κ2) is 6.01. The second-order valence-electron chi connectivity index (χ2n) is 5.29. The molecule has 2 amide bonds. The lowest BCUT2D eigenvalue weighted by atomic mass is 10.1. The van der Waals surface area contributed by atoms with Crippen molar-refractivity contribution in [2.45, 2.75) is 6.54 Å². The number of pyridine rings is 1. The normalized spacial score (nSPS) is 12.8. The van der Waals surface area contributed by atoms with E-state index >= 15 is 0 Å². The van der Waals surface area contributed by atoms with Gasteiger partial charge in [-0.25, -0.2) is 0 Å². The number of hydrogen-bond donors (Lipinski definition) is 0. The number of fused-ring (bicyclic) bond motifs is 1. The molecule has 2 aromatic rings. The molecule has 1 aromatic carbocycles. The highest BCUT2D eigenvalue weighted by Crippen LogP contribution is 2.22. The van der Waals surface area contributed by atoms with Crippen molar-refractivity contribution in [2.24, 2.45) is 0 Å². The zero-order chi connectivity index (χ0) is 18.1. The lowest BCUT2D eigenvalue weighted by molar-refractivity contribution is -0.385. The Morgan fingerprint density at radius 2 is 1.68 bits per heavy atom. The van der Waals surface area contributed by atoms with E-state index in [4.69, 9.17) is 5.26 Å². The highest BCUT2D eigenvalue weighted by Gasteiger charge is 2.34.